The van der Waals surface area contributed by atoms with Gasteiger partial charge in [-0.05, 0) is 26.0 Å². The van der Waals surface area contributed by atoms with Crippen molar-refractivity contribution in [3.8, 4) is 0 Å². The Morgan fingerprint density at radius 2 is 2.00 bits per heavy atom. The molecule has 0 aromatic rings. The highest BCUT2D eigenvalue weighted by Crippen LogP contribution is 2.25. The molecule has 2 N–H and O–H groups in total. The summed E-state index contributed by atoms with van der Waals surface area (Å²) >= 11 is 0. The number of nitrogens with one attached hydrogen (secondary N) is 2. The maximum absolute atomic E-state index is 12.4. The maximum atomic E-state index is 12.4. The van der Waals surface area contributed by atoms with Gasteiger partial charge in [0.25, 0.3) is 5.91 Å². The number of piperidine rings is 1. The van der Waals surface area contributed by atoms with E-state index in [1.54, 1.807) is 11.9 Å². The Morgan fingerprint density at radius 1 is 1.32 bits per heavy atom. The summed E-state index contributed by atoms with van der Waals surface area (Å²) in [5.74, 6) is -0.767. The Hall–Kier alpha value is -1.95. The van der Waals surface area contributed by atoms with Crippen molar-refractivity contribution >= 4 is 17.7 Å². The molecular weight excluding hydrogens is 282 g/mol. The first-order chi connectivity index (χ1) is 10.6. The molecule has 3 amide bonds. The molecule has 6 nitrogen and oxygen atoms in total. The van der Waals surface area contributed by atoms with Crippen LogP contribution < -0.4 is 10.6 Å². The Kier molecular flexibility index (Phi) is 6.98. The average Bonchev–Trinajstić information content (AvgIpc) is 2.80. The Bertz CT molecular complexity index is 509. The topological polar surface area (TPSA) is 78.5 Å². The molecule has 2 aliphatic heterocycles. The quantitative estimate of drug-likeness (QED) is 0.751. The van der Waals surface area contributed by atoms with Gasteiger partial charge in [0.15, 0.2) is 0 Å². The lowest BCUT2D eigenvalue weighted by atomic mass is 10.0. The monoisotopic (exact) mass is 307 g/mol. The second kappa shape index (κ2) is 8.48. The molecule has 122 valence electrons. The molecule has 22 heavy (non-hydrogen) atoms. The zero-order chi connectivity index (χ0) is 16.7. The van der Waals surface area contributed by atoms with Crippen LogP contribution in [-0.4, -0.2) is 48.8 Å². The summed E-state index contributed by atoms with van der Waals surface area (Å²) in [4.78, 5) is 37.1. The third-order valence-electron chi connectivity index (χ3n) is 3.56. The minimum Gasteiger partial charge on any atom is -0.322 e. The van der Waals surface area contributed by atoms with Crippen molar-refractivity contribution in [3.05, 3.63) is 23.3 Å². The standard InChI is InChI=1S/C14H19N3O3.C2H6/c1-3-4-9-8-17(14(20)10(9)7-15-2)11-5-6-12(18)16-13(11)19;1-2/h3-4,11,15H,5-8H2,1-2H3,(H,16,18,19);1-2H3/b4-3-;. The molecule has 0 spiro atoms. The normalized spacial score (nSPS) is 22.1. The van der Waals surface area contributed by atoms with Crippen molar-refractivity contribution in [1.29, 1.82) is 0 Å². The van der Waals surface area contributed by atoms with Crippen LogP contribution in [0.5, 0.6) is 0 Å². The number of allylic oxidation sites excluding steroid dienone is 1. The summed E-state index contributed by atoms with van der Waals surface area (Å²) in [7, 11) is 1.78. The second-order valence-corrected chi connectivity index (χ2v) is 4.93. The van der Waals surface area contributed by atoms with Gasteiger partial charge < -0.3 is 10.2 Å². The highest BCUT2D eigenvalue weighted by atomic mass is 16.2. The predicted octanol–water partition coefficient (Wildman–Crippen LogP) is 0.752. The van der Waals surface area contributed by atoms with E-state index in [-0.39, 0.29) is 24.1 Å². The molecule has 0 aliphatic carbocycles. The Labute approximate surface area is 131 Å². The van der Waals surface area contributed by atoms with Gasteiger partial charge in [-0.3, -0.25) is 19.7 Å². The van der Waals surface area contributed by atoms with Gasteiger partial charge in [-0.2, -0.15) is 0 Å². The van der Waals surface area contributed by atoms with Crippen molar-refractivity contribution in [3.63, 3.8) is 0 Å². The van der Waals surface area contributed by atoms with Gasteiger partial charge in [-0.1, -0.05) is 26.0 Å². The Balaban J connectivity index is 0.00000116. The highest BCUT2D eigenvalue weighted by molar-refractivity contribution is 6.05. The van der Waals surface area contributed by atoms with E-state index in [4.69, 9.17) is 0 Å². The summed E-state index contributed by atoms with van der Waals surface area (Å²) in [5.41, 5.74) is 1.62. The minimum absolute atomic E-state index is 0.123. The SMILES string of the molecule is C/C=C\C1=C(CNC)C(=O)N(C2CCC(=O)NC2=O)C1.CC. The molecule has 2 aliphatic rings. The van der Waals surface area contributed by atoms with Crippen molar-refractivity contribution in [2.24, 2.45) is 0 Å². The van der Waals surface area contributed by atoms with Crippen LogP contribution in [0.25, 0.3) is 0 Å². The third kappa shape index (κ3) is 3.82. The van der Waals surface area contributed by atoms with Gasteiger partial charge in [0.1, 0.15) is 6.04 Å². The van der Waals surface area contributed by atoms with Crippen LogP contribution >= 0.6 is 0 Å². The summed E-state index contributed by atoms with van der Waals surface area (Å²) in [5, 5.41) is 5.27. The fourth-order valence-corrected chi connectivity index (χ4v) is 2.61. The molecule has 0 saturated carbocycles. The molecule has 2 rings (SSSR count). The first-order valence-electron chi connectivity index (χ1n) is 7.72. The van der Waals surface area contributed by atoms with E-state index in [1.807, 2.05) is 32.9 Å². The van der Waals surface area contributed by atoms with Gasteiger partial charge in [-0.15, -0.1) is 0 Å². The number of hydrogen-bond donors (Lipinski definition) is 2. The zero-order valence-corrected chi connectivity index (χ0v) is 13.7. The van der Waals surface area contributed by atoms with Gasteiger partial charge in [0, 0.05) is 25.1 Å². The van der Waals surface area contributed by atoms with Gasteiger partial charge >= 0.3 is 0 Å². The number of carbonyl (C=O) groups excluding carboxylic acids is 3. The van der Waals surface area contributed by atoms with E-state index < -0.39 is 6.04 Å². The number of likely N-dealkylation sites (N-methyl/N-ethyl adjacent to an activating group) is 1. The molecular formula is C16H25N3O3. The number of carbonyl (C=O) groups is 3. The minimum atomic E-state index is -0.546. The van der Waals surface area contributed by atoms with E-state index in [0.29, 0.717) is 25.1 Å². The zero-order valence-electron chi connectivity index (χ0n) is 13.7. The fraction of sp³-hybridized carbons (Fsp3) is 0.562. The number of amides is 3. The van der Waals surface area contributed by atoms with Crippen LogP contribution in [0, 0.1) is 0 Å². The molecule has 2 heterocycles. The van der Waals surface area contributed by atoms with E-state index >= 15 is 0 Å². The van der Waals surface area contributed by atoms with Crippen LogP contribution in [0.3, 0.4) is 0 Å². The van der Waals surface area contributed by atoms with Crippen LogP contribution in [0.1, 0.15) is 33.6 Å². The molecule has 0 aromatic heterocycles. The molecule has 0 bridgehead atoms. The molecule has 6 heteroatoms. The van der Waals surface area contributed by atoms with Crippen molar-refractivity contribution in [2.45, 2.75) is 39.7 Å². The third-order valence-corrected chi connectivity index (χ3v) is 3.56. The largest absolute Gasteiger partial charge is 0.322 e. The molecule has 1 unspecified atom stereocenters. The summed E-state index contributed by atoms with van der Waals surface area (Å²) in [6, 6.07) is -0.546. The predicted molar refractivity (Wildman–Crippen MR) is 85.0 cm³/mol. The van der Waals surface area contributed by atoms with E-state index in [0.717, 1.165) is 5.57 Å². The fourth-order valence-electron chi connectivity index (χ4n) is 2.61. The van der Waals surface area contributed by atoms with Crippen LogP contribution in [0.2, 0.25) is 0 Å². The smallest absolute Gasteiger partial charge is 0.252 e. The van der Waals surface area contributed by atoms with Crippen molar-refractivity contribution in [1.82, 2.24) is 15.5 Å². The maximum Gasteiger partial charge on any atom is 0.252 e. The van der Waals surface area contributed by atoms with E-state index in [1.165, 1.54) is 0 Å². The molecule has 1 saturated heterocycles. The number of rotatable bonds is 4. The summed E-state index contributed by atoms with van der Waals surface area (Å²) in [6.07, 6.45) is 4.45. The first kappa shape index (κ1) is 18.1. The van der Waals surface area contributed by atoms with Gasteiger partial charge in [-0.25, -0.2) is 0 Å². The molecule has 1 fully saturated rings. The molecule has 0 radical (unpaired) electrons. The Morgan fingerprint density at radius 3 is 2.55 bits per heavy atom. The second-order valence-electron chi connectivity index (χ2n) is 4.93. The van der Waals surface area contributed by atoms with Crippen molar-refractivity contribution in [2.75, 3.05) is 20.1 Å². The van der Waals surface area contributed by atoms with E-state index in [2.05, 4.69) is 10.6 Å². The first-order valence-corrected chi connectivity index (χ1v) is 7.72. The lowest BCUT2D eigenvalue weighted by Gasteiger charge is -2.29. The molecule has 1 atom stereocenters. The van der Waals surface area contributed by atoms with Gasteiger partial charge in [0.05, 0.1) is 0 Å². The number of hydrogen-bond acceptors (Lipinski definition) is 4. The number of nitrogens with zero attached hydrogens (tertiary/aromatic N) is 1. The summed E-state index contributed by atoms with van der Waals surface area (Å²) < 4.78 is 0. The lowest BCUT2D eigenvalue weighted by molar-refractivity contribution is -0.142. The van der Waals surface area contributed by atoms with Crippen molar-refractivity contribution < 1.29 is 14.4 Å². The summed E-state index contributed by atoms with van der Waals surface area (Å²) in [6.45, 7) is 6.79. The average molecular weight is 307 g/mol. The van der Waals surface area contributed by atoms with Gasteiger partial charge in [0.2, 0.25) is 11.8 Å². The van der Waals surface area contributed by atoms with Crippen LogP contribution in [0.4, 0.5) is 0 Å². The van der Waals surface area contributed by atoms with Crippen LogP contribution in [-0.2, 0) is 14.4 Å². The van der Waals surface area contributed by atoms with E-state index in [9.17, 15) is 14.4 Å². The number of imide groups is 1. The van der Waals surface area contributed by atoms with Crippen LogP contribution in [0.15, 0.2) is 23.3 Å². The highest BCUT2D eigenvalue weighted by Gasteiger charge is 2.39. The lowest BCUT2D eigenvalue weighted by Crippen LogP contribution is -2.53. The molecule has 0 aromatic carbocycles.